The van der Waals surface area contributed by atoms with Crippen molar-refractivity contribution in [1.29, 1.82) is 0 Å². The molecule has 2 aliphatic rings. The highest BCUT2D eigenvalue weighted by molar-refractivity contribution is 7.80. The maximum atomic E-state index is 13.2. The first-order chi connectivity index (χ1) is 16.7. The van der Waals surface area contributed by atoms with Gasteiger partial charge in [-0.2, -0.15) is 13.2 Å². The smallest absolute Gasteiger partial charge is 0.382 e. The maximum absolute atomic E-state index is 13.2. The molecule has 35 heavy (non-hydrogen) atoms. The minimum atomic E-state index is -4.33. The van der Waals surface area contributed by atoms with E-state index in [2.05, 4.69) is 46.3 Å². The van der Waals surface area contributed by atoms with Crippen molar-refractivity contribution in [2.24, 2.45) is 0 Å². The van der Waals surface area contributed by atoms with Crippen molar-refractivity contribution in [3.8, 4) is 0 Å². The zero-order valence-electron chi connectivity index (χ0n) is 20.4. The third-order valence-electron chi connectivity index (χ3n) is 7.06. The van der Waals surface area contributed by atoms with Crippen molar-refractivity contribution >= 4 is 28.6 Å². The zero-order chi connectivity index (χ0) is 25.0. The van der Waals surface area contributed by atoms with Gasteiger partial charge in [-0.1, -0.05) is 36.0 Å². The lowest BCUT2D eigenvalue weighted by molar-refractivity contribution is -0.138. The SMILES string of the molecule is Cc1ccc(N2CCN(C(=S)COC3CCC(Nc4ccc(C)c(C(F)(F)F)c4)CC3)CC2)cc1. The Balaban J connectivity index is 1.17. The number of benzene rings is 2. The van der Waals surface area contributed by atoms with Crippen LogP contribution in [0.2, 0.25) is 0 Å². The number of hydrogen-bond acceptors (Lipinski definition) is 4. The molecule has 0 spiro atoms. The van der Waals surface area contributed by atoms with Gasteiger partial charge in [0.25, 0.3) is 0 Å². The molecule has 190 valence electrons. The fourth-order valence-corrected chi connectivity index (χ4v) is 5.13. The van der Waals surface area contributed by atoms with Crippen LogP contribution in [0.15, 0.2) is 42.5 Å². The maximum Gasteiger partial charge on any atom is 0.416 e. The van der Waals surface area contributed by atoms with Gasteiger partial charge in [0.1, 0.15) is 4.99 Å². The second kappa shape index (κ2) is 11.2. The van der Waals surface area contributed by atoms with E-state index in [4.69, 9.17) is 17.0 Å². The number of thiocarbonyl (C=S) groups is 1. The van der Waals surface area contributed by atoms with E-state index in [9.17, 15) is 13.2 Å². The van der Waals surface area contributed by atoms with Crippen molar-refractivity contribution in [3.05, 3.63) is 59.2 Å². The number of piperazine rings is 1. The van der Waals surface area contributed by atoms with Crippen LogP contribution >= 0.6 is 12.2 Å². The lowest BCUT2D eigenvalue weighted by Crippen LogP contribution is -2.49. The van der Waals surface area contributed by atoms with Gasteiger partial charge in [0.05, 0.1) is 18.3 Å². The van der Waals surface area contributed by atoms with Gasteiger partial charge in [0, 0.05) is 43.6 Å². The minimum absolute atomic E-state index is 0.142. The molecule has 8 heteroatoms. The molecule has 2 aromatic carbocycles. The monoisotopic (exact) mass is 505 g/mol. The second-order valence-corrected chi connectivity index (χ2v) is 10.1. The lowest BCUT2D eigenvalue weighted by Gasteiger charge is -2.38. The lowest BCUT2D eigenvalue weighted by atomic mass is 9.92. The normalized spacial score (nSPS) is 21.2. The molecular formula is C27H34F3N3OS. The summed E-state index contributed by atoms with van der Waals surface area (Å²) in [5.74, 6) is 0. The van der Waals surface area contributed by atoms with Crippen LogP contribution in [0.1, 0.15) is 42.4 Å². The molecule has 4 nitrogen and oxygen atoms in total. The topological polar surface area (TPSA) is 27.7 Å². The van der Waals surface area contributed by atoms with Crippen molar-refractivity contribution in [3.63, 3.8) is 0 Å². The number of nitrogens with one attached hydrogen (secondary N) is 1. The van der Waals surface area contributed by atoms with E-state index in [-0.39, 0.29) is 17.7 Å². The average Bonchev–Trinajstić information content (AvgIpc) is 2.84. The number of alkyl halides is 3. The van der Waals surface area contributed by atoms with Gasteiger partial charge in [0.15, 0.2) is 0 Å². The van der Waals surface area contributed by atoms with E-state index < -0.39 is 11.7 Å². The highest BCUT2D eigenvalue weighted by Gasteiger charge is 2.33. The minimum Gasteiger partial charge on any atom is -0.382 e. The molecule has 4 rings (SSSR count). The Labute approximate surface area is 211 Å². The van der Waals surface area contributed by atoms with Gasteiger partial charge in [-0.05, 0) is 69.4 Å². The molecule has 2 fully saturated rings. The molecule has 0 amide bonds. The summed E-state index contributed by atoms with van der Waals surface area (Å²) in [5.41, 5.74) is 2.71. The average molecular weight is 506 g/mol. The number of ether oxygens (including phenoxy) is 1. The Bertz CT molecular complexity index is 996. The van der Waals surface area contributed by atoms with E-state index in [0.717, 1.165) is 56.9 Å². The number of anilines is 2. The third kappa shape index (κ3) is 6.88. The van der Waals surface area contributed by atoms with Crippen LogP contribution in [0.5, 0.6) is 0 Å². The number of aryl methyl sites for hydroxylation is 2. The Hall–Kier alpha value is -2.32. The predicted molar refractivity (Wildman–Crippen MR) is 139 cm³/mol. The first kappa shape index (κ1) is 25.8. The molecule has 1 aliphatic heterocycles. The van der Waals surface area contributed by atoms with Crippen molar-refractivity contribution in [2.75, 3.05) is 43.0 Å². The molecule has 0 bridgehead atoms. The molecule has 0 atom stereocenters. The Kier molecular flexibility index (Phi) is 8.22. The summed E-state index contributed by atoms with van der Waals surface area (Å²) < 4.78 is 45.7. The van der Waals surface area contributed by atoms with Gasteiger partial charge < -0.3 is 19.9 Å². The molecule has 1 aliphatic carbocycles. The molecule has 1 heterocycles. The van der Waals surface area contributed by atoms with Gasteiger partial charge in [-0.25, -0.2) is 0 Å². The van der Waals surface area contributed by atoms with Crippen LogP contribution in [0.4, 0.5) is 24.5 Å². The van der Waals surface area contributed by atoms with Crippen molar-refractivity contribution < 1.29 is 17.9 Å². The second-order valence-electron chi connectivity index (χ2n) is 9.66. The predicted octanol–water partition coefficient (Wildman–Crippen LogP) is 6.21. The molecule has 2 aromatic rings. The summed E-state index contributed by atoms with van der Waals surface area (Å²) in [7, 11) is 0. The summed E-state index contributed by atoms with van der Waals surface area (Å²) in [4.78, 5) is 5.48. The summed E-state index contributed by atoms with van der Waals surface area (Å²) in [6, 6.07) is 13.3. The van der Waals surface area contributed by atoms with E-state index >= 15 is 0 Å². The first-order valence-corrected chi connectivity index (χ1v) is 12.8. The van der Waals surface area contributed by atoms with Crippen LogP contribution in [-0.2, 0) is 10.9 Å². The molecular weight excluding hydrogens is 471 g/mol. The summed E-state index contributed by atoms with van der Waals surface area (Å²) in [6.45, 7) is 7.70. The van der Waals surface area contributed by atoms with Crippen LogP contribution < -0.4 is 10.2 Å². The van der Waals surface area contributed by atoms with E-state index in [0.29, 0.717) is 12.3 Å². The Morgan fingerprint density at radius 3 is 2.26 bits per heavy atom. The van der Waals surface area contributed by atoms with E-state index in [1.165, 1.54) is 30.3 Å². The van der Waals surface area contributed by atoms with Crippen LogP contribution in [0, 0.1) is 13.8 Å². The van der Waals surface area contributed by atoms with Crippen LogP contribution in [-0.4, -0.2) is 54.8 Å². The Morgan fingerprint density at radius 1 is 0.971 bits per heavy atom. The summed E-state index contributed by atoms with van der Waals surface area (Å²) in [5, 5.41) is 3.28. The fourth-order valence-electron chi connectivity index (χ4n) is 4.88. The zero-order valence-corrected chi connectivity index (χ0v) is 21.2. The molecule has 1 saturated heterocycles. The van der Waals surface area contributed by atoms with Gasteiger partial charge >= 0.3 is 6.18 Å². The molecule has 1 saturated carbocycles. The molecule has 1 N–H and O–H groups in total. The van der Waals surface area contributed by atoms with Crippen LogP contribution in [0.3, 0.4) is 0 Å². The number of halogens is 3. The van der Waals surface area contributed by atoms with Crippen molar-refractivity contribution in [1.82, 2.24) is 4.90 Å². The highest BCUT2D eigenvalue weighted by Crippen LogP contribution is 2.34. The van der Waals surface area contributed by atoms with Gasteiger partial charge in [0.2, 0.25) is 0 Å². The van der Waals surface area contributed by atoms with E-state index in [1.54, 1.807) is 6.07 Å². The molecule has 0 unspecified atom stereocenters. The standard InChI is InChI=1S/C27H34F3N3OS/c1-19-3-9-23(10-4-19)32-13-15-33(16-14-32)26(35)18-34-24-11-7-21(8-12-24)31-22-6-5-20(2)25(17-22)27(28,29)30/h3-6,9-10,17,21,24,31H,7-8,11-16,18H2,1-2H3. The third-order valence-corrected chi connectivity index (χ3v) is 7.44. The largest absolute Gasteiger partial charge is 0.416 e. The Morgan fingerprint density at radius 2 is 1.63 bits per heavy atom. The number of hydrogen-bond donors (Lipinski definition) is 1. The summed E-state index contributed by atoms with van der Waals surface area (Å²) >= 11 is 5.66. The number of nitrogens with zero attached hydrogens (tertiary/aromatic N) is 2. The van der Waals surface area contributed by atoms with Crippen molar-refractivity contribution in [2.45, 2.75) is 57.9 Å². The molecule has 0 aromatic heterocycles. The number of rotatable bonds is 6. The van der Waals surface area contributed by atoms with E-state index in [1.807, 2.05) is 0 Å². The summed E-state index contributed by atoms with van der Waals surface area (Å²) in [6.07, 6.45) is -0.717. The fraction of sp³-hybridized carbons (Fsp3) is 0.519. The molecule has 0 radical (unpaired) electrons. The quantitative estimate of drug-likeness (QED) is 0.471. The van der Waals surface area contributed by atoms with Crippen LogP contribution in [0.25, 0.3) is 0 Å². The first-order valence-electron chi connectivity index (χ1n) is 12.3. The van der Waals surface area contributed by atoms with Gasteiger partial charge in [-0.3, -0.25) is 0 Å². The highest BCUT2D eigenvalue weighted by atomic mass is 32.1. The van der Waals surface area contributed by atoms with Gasteiger partial charge in [-0.15, -0.1) is 0 Å².